The number of carboxylic acid groups (broad SMARTS) is 1. The number of carboxylic acids is 1. The number of aromatic amines is 1. The molecule has 2 N–H and O–H groups in total. The summed E-state index contributed by atoms with van der Waals surface area (Å²) in [5.41, 5.74) is -0.138. The molecule has 114 valence electrons. The molecule has 0 spiro atoms. The van der Waals surface area contributed by atoms with E-state index in [9.17, 15) is 14.4 Å². The molecule has 22 heavy (non-hydrogen) atoms. The fraction of sp³-hybridized carbons (Fsp3) is 0.333. The molecule has 1 aliphatic rings. The molecule has 1 aromatic heterocycles. The van der Waals surface area contributed by atoms with Crippen molar-refractivity contribution in [2.75, 3.05) is 13.1 Å². The molecule has 1 fully saturated rings. The second-order valence-corrected chi connectivity index (χ2v) is 5.35. The maximum absolute atomic E-state index is 12.6. The Bertz CT molecular complexity index is 791. The lowest BCUT2D eigenvalue weighted by molar-refractivity contribution is -0.143. The highest BCUT2D eigenvalue weighted by Crippen LogP contribution is 2.20. The van der Waals surface area contributed by atoms with E-state index in [2.05, 4.69) is 10.2 Å². The molecule has 3 rings (SSSR count). The first-order chi connectivity index (χ1) is 10.6. The first-order valence-corrected chi connectivity index (χ1v) is 7.07. The van der Waals surface area contributed by atoms with Crippen LogP contribution in [0.25, 0.3) is 10.8 Å². The zero-order valence-electron chi connectivity index (χ0n) is 11.8. The van der Waals surface area contributed by atoms with Crippen molar-refractivity contribution >= 4 is 22.6 Å². The molecule has 1 amide bonds. The van der Waals surface area contributed by atoms with Crippen LogP contribution in [0.4, 0.5) is 0 Å². The molecule has 7 heteroatoms. The number of H-pyrrole nitrogens is 1. The van der Waals surface area contributed by atoms with Crippen LogP contribution >= 0.6 is 0 Å². The monoisotopic (exact) mass is 301 g/mol. The molecular weight excluding hydrogens is 286 g/mol. The lowest BCUT2D eigenvalue weighted by Gasteiger charge is -2.29. The number of rotatable bonds is 2. The van der Waals surface area contributed by atoms with Gasteiger partial charge >= 0.3 is 5.97 Å². The lowest BCUT2D eigenvalue weighted by atomic mass is 9.97. The number of carbonyl (C=O) groups excluding carboxylic acids is 1. The van der Waals surface area contributed by atoms with Gasteiger partial charge < -0.3 is 10.0 Å². The van der Waals surface area contributed by atoms with Gasteiger partial charge in [0.15, 0.2) is 5.69 Å². The number of nitrogens with one attached hydrogen (secondary N) is 1. The number of benzene rings is 1. The van der Waals surface area contributed by atoms with Crippen molar-refractivity contribution in [1.29, 1.82) is 0 Å². The lowest BCUT2D eigenvalue weighted by Crippen LogP contribution is -2.41. The van der Waals surface area contributed by atoms with E-state index in [1.807, 2.05) is 0 Å². The Balaban J connectivity index is 1.89. The molecule has 1 aromatic carbocycles. The van der Waals surface area contributed by atoms with Gasteiger partial charge in [-0.05, 0) is 18.9 Å². The third-order valence-corrected chi connectivity index (χ3v) is 4.03. The summed E-state index contributed by atoms with van der Waals surface area (Å²) < 4.78 is 0. The topological polar surface area (TPSA) is 103 Å². The zero-order chi connectivity index (χ0) is 15.7. The first-order valence-electron chi connectivity index (χ1n) is 7.07. The van der Waals surface area contributed by atoms with E-state index in [4.69, 9.17) is 5.11 Å². The average molecular weight is 301 g/mol. The van der Waals surface area contributed by atoms with E-state index in [0.717, 1.165) is 0 Å². The van der Waals surface area contributed by atoms with Gasteiger partial charge in [0.2, 0.25) is 0 Å². The normalized spacial score (nSPS) is 15.9. The first kappa shape index (κ1) is 14.2. The van der Waals surface area contributed by atoms with E-state index in [1.165, 1.54) is 0 Å². The van der Waals surface area contributed by atoms with E-state index in [-0.39, 0.29) is 17.2 Å². The number of piperidine rings is 1. The maximum Gasteiger partial charge on any atom is 0.306 e. The SMILES string of the molecule is O=C(O)C1CCN(C(=O)c2n[nH]c(=O)c3ccccc23)CC1. The van der Waals surface area contributed by atoms with E-state index in [1.54, 1.807) is 29.2 Å². The molecular formula is C15H15N3O4. The van der Waals surface area contributed by atoms with E-state index < -0.39 is 11.9 Å². The van der Waals surface area contributed by atoms with Gasteiger partial charge in [0.05, 0.1) is 11.3 Å². The van der Waals surface area contributed by atoms with Crippen LogP contribution in [0.3, 0.4) is 0 Å². The summed E-state index contributed by atoms with van der Waals surface area (Å²) >= 11 is 0. The molecule has 1 saturated heterocycles. The van der Waals surface area contributed by atoms with Gasteiger partial charge in [-0.15, -0.1) is 0 Å². The fourth-order valence-corrected chi connectivity index (χ4v) is 2.76. The molecule has 7 nitrogen and oxygen atoms in total. The molecule has 0 unspecified atom stereocenters. The second-order valence-electron chi connectivity index (χ2n) is 5.35. The summed E-state index contributed by atoms with van der Waals surface area (Å²) in [6, 6.07) is 6.80. The van der Waals surface area contributed by atoms with Gasteiger partial charge in [-0.25, -0.2) is 5.10 Å². The number of aliphatic carboxylic acids is 1. The molecule has 1 aliphatic heterocycles. The standard InChI is InChI=1S/C15H15N3O4/c19-13-11-4-2-1-3-10(11)12(16-17-13)14(20)18-7-5-9(6-8-18)15(21)22/h1-4,9H,5-8H2,(H,17,19)(H,21,22). The van der Waals surface area contributed by atoms with Crippen LogP contribution in [0.15, 0.2) is 29.1 Å². The number of amides is 1. The molecule has 2 heterocycles. The van der Waals surface area contributed by atoms with E-state index >= 15 is 0 Å². The molecule has 0 saturated carbocycles. The number of hydrogen-bond donors (Lipinski definition) is 2. The summed E-state index contributed by atoms with van der Waals surface area (Å²) in [5, 5.41) is 16.2. The largest absolute Gasteiger partial charge is 0.481 e. The molecule has 0 radical (unpaired) electrons. The Morgan fingerprint density at radius 2 is 1.82 bits per heavy atom. The summed E-state index contributed by atoms with van der Waals surface area (Å²) in [6.07, 6.45) is 0.866. The zero-order valence-corrected chi connectivity index (χ0v) is 11.8. The van der Waals surface area contributed by atoms with Crippen LogP contribution in [0.1, 0.15) is 23.3 Å². The molecule has 0 aliphatic carbocycles. The highest BCUT2D eigenvalue weighted by Gasteiger charge is 2.29. The minimum absolute atomic E-state index is 0.198. The van der Waals surface area contributed by atoms with Crippen LogP contribution in [-0.2, 0) is 4.79 Å². The number of nitrogens with zero attached hydrogens (tertiary/aromatic N) is 2. The van der Waals surface area contributed by atoms with Crippen LogP contribution in [0, 0.1) is 5.92 Å². The predicted octanol–water partition coefficient (Wildman–Crippen LogP) is 0.860. The van der Waals surface area contributed by atoms with Crippen molar-refractivity contribution in [3.63, 3.8) is 0 Å². The minimum atomic E-state index is -0.820. The highest BCUT2D eigenvalue weighted by molar-refractivity contribution is 6.04. The number of hydrogen-bond acceptors (Lipinski definition) is 4. The summed E-state index contributed by atoms with van der Waals surface area (Å²) in [5.74, 6) is -1.50. The van der Waals surface area contributed by atoms with Crippen molar-refractivity contribution in [1.82, 2.24) is 15.1 Å². The van der Waals surface area contributed by atoms with Crippen molar-refractivity contribution in [3.05, 3.63) is 40.3 Å². The van der Waals surface area contributed by atoms with Gasteiger partial charge in [0.1, 0.15) is 0 Å². The Morgan fingerprint density at radius 3 is 2.45 bits per heavy atom. The Kier molecular flexibility index (Phi) is 3.62. The second kappa shape index (κ2) is 5.59. The van der Waals surface area contributed by atoms with Crippen molar-refractivity contribution < 1.29 is 14.7 Å². The summed E-state index contributed by atoms with van der Waals surface area (Å²) in [7, 11) is 0. The summed E-state index contributed by atoms with van der Waals surface area (Å²) in [4.78, 5) is 36.9. The maximum atomic E-state index is 12.6. The smallest absolute Gasteiger partial charge is 0.306 e. The van der Waals surface area contributed by atoms with Gasteiger partial charge in [0, 0.05) is 18.5 Å². The summed E-state index contributed by atoms with van der Waals surface area (Å²) in [6.45, 7) is 0.760. The van der Waals surface area contributed by atoms with Gasteiger partial charge in [0.25, 0.3) is 11.5 Å². The van der Waals surface area contributed by atoms with Crippen LogP contribution in [0.2, 0.25) is 0 Å². The predicted molar refractivity (Wildman–Crippen MR) is 78.6 cm³/mol. The van der Waals surface area contributed by atoms with Crippen molar-refractivity contribution in [3.8, 4) is 0 Å². The van der Waals surface area contributed by atoms with Crippen LogP contribution in [-0.4, -0.2) is 45.2 Å². The number of carbonyl (C=O) groups is 2. The fourth-order valence-electron chi connectivity index (χ4n) is 2.76. The van der Waals surface area contributed by atoms with Gasteiger partial charge in [-0.2, -0.15) is 5.10 Å². The molecule has 0 bridgehead atoms. The quantitative estimate of drug-likeness (QED) is 0.856. The Hall–Kier alpha value is -2.70. The Morgan fingerprint density at radius 1 is 1.18 bits per heavy atom. The van der Waals surface area contributed by atoms with Crippen molar-refractivity contribution in [2.45, 2.75) is 12.8 Å². The third kappa shape index (κ3) is 2.45. The van der Waals surface area contributed by atoms with Gasteiger partial charge in [-0.3, -0.25) is 14.4 Å². The molecule has 0 atom stereocenters. The van der Waals surface area contributed by atoms with Gasteiger partial charge in [-0.1, -0.05) is 18.2 Å². The number of aromatic nitrogens is 2. The number of fused-ring (bicyclic) bond motifs is 1. The number of likely N-dealkylation sites (tertiary alicyclic amines) is 1. The highest BCUT2D eigenvalue weighted by atomic mass is 16.4. The molecule has 2 aromatic rings. The van der Waals surface area contributed by atoms with E-state index in [0.29, 0.717) is 36.7 Å². The van der Waals surface area contributed by atoms with Crippen LogP contribution in [0.5, 0.6) is 0 Å². The van der Waals surface area contributed by atoms with Crippen LogP contribution < -0.4 is 5.56 Å². The average Bonchev–Trinajstić information content (AvgIpc) is 2.55. The van der Waals surface area contributed by atoms with Crippen molar-refractivity contribution in [2.24, 2.45) is 5.92 Å². The minimum Gasteiger partial charge on any atom is -0.481 e. The Labute approximate surface area is 125 Å². The third-order valence-electron chi connectivity index (χ3n) is 4.03.